The van der Waals surface area contributed by atoms with Crippen LogP contribution in [0.15, 0.2) is 23.0 Å². The van der Waals surface area contributed by atoms with Gasteiger partial charge in [-0.05, 0) is 25.5 Å². The Kier molecular flexibility index (Phi) is 5.33. The van der Waals surface area contributed by atoms with Gasteiger partial charge in [-0.25, -0.2) is 0 Å². The van der Waals surface area contributed by atoms with Crippen molar-refractivity contribution >= 4 is 0 Å². The van der Waals surface area contributed by atoms with E-state index in [1.165, 1.54) is 12.0 Å². The molecule has 0 saturated heterocycles. The zero-order chi connectivity index (χ0) is 10.2. The highest BCUT2D eigenvalue weighted by molar-refractivity contribution is 5.04. The van der Waals surface area contributed by atoms with Gasteiger partial charge in [-0.3, -0.25) is 0 Å². The van der Waals surface area contributed by atoms with Crippen molar-refractivity contribution in [1.29, 1.82) is 0 Å². The van der Waals surface area contributed by atoms with Crippen LogP contribution in [0.5, 0.6) is 0 Å². The first-order valence-corrected chi connectivity index (χ1v) is 5.30. The molecule has 14 heavy (non-hydrogen) atoms. The maximum atomic E-state index is 5.89. The van der Waals surface area contributed by atoms with Crippen LogP contribution in [-0.2, 0) is 6.54 Å². The summed E-state index contributed by atoms with van der Waals surface area (Å²) in [6.45, 7) is 4.01. The molecule has 1 aromatic heterocycles. The van der Waals surface area contributed by atoms with Gasteiger partial charge in [0.25, 0.3) is 0 Å². The summed E-state index contributed by atoms with van der Waals surface area (Å²) < 4.78 is 4.97. The second-order valence-electron chi connectivity index (χ2n) is 3.65. The predicted molar refractivity (Wildman–Crippen MR) is 57.9 cm³/mol. The second-order valence-corrected chi connectivity index (χ2v) is 3.65. The molecule has 0 radical (unpaired) electrons. The SMILES string of the molecule is CCCC(N)CCNCc1ccoc1. The molecule has 1 aromatic rings. The standard InChI is InChI=1S/C11H20N2O/c1-2-3-11(12)4-6-13-8-10-5-7-14-9-10/h5,7,9,11,13H,2-4,6,8,12H2,1H3. The zero-order valence-corrected chi connectivity index (χ0v) is 8.83. The van der Waals surface area contributed by atoms with Crippen molar-refractivity contribution in [3.05, 3.63) is 24.2 Å². The highest BCUT2D eigenvalue weighted by Gasteiger charge is 2.00. The molecule has 0 fully saturated rings. The number of rotatable bonds is 7. The minimum atomic E-state index is 0.344. The zero-order valence-electron chi connectivity index (χ0n) is 8.83. The monoisotopic (exact) mass is 196 g/mol. The van der Waals surface area contributed by atoms with Gasteiger partial charge in [-0.15, -0.1) is 0 Å². The van der Waals surface area contributed by atoms with Gasteiger partial charge in [-0.1, -0.05) is 13.3 Å². The first-order chi connectivity index (χ1) is 6.83. The molecule has 0 aromatic carbocycles. The highest BCUT2D eigenvalue weighted by Crippen LogP contribution is 2.00. The Labute approximate surface area is 85.7 Å². The fraction of sp³-hybridized carbons (Fsp3) is 0.636. The van der Waals surface area contributed by atoms with Gasteiger partial charge in [-0.2, -0.15) is 0 Å². The van der Waals surface area contributed by atoms with E-state index in [1.54, 1.807) is 12.5 Å². The summed E-state index contributed by atoms with van der Waals surface area (Å²) >= 11 is 0. The molecule has 0 spiro atoms. The quantitative estimate of drug-likeness (QED) is 0.655. The van der Waals surface area contributed by atoms with Crippen molar-refractivity contribution in [3.63, 3.8) is 0 Å². The molecule has 0 aliphatic heterocycles. The molecule has 3 N–H and O–H groups in total. The third-order valence-corrected chi connectivity index (χ3v) is 2.26. The Morgan fingerprint density at radius 1 is 1.50 bits per heavy atom. The summed E-state index contributed by atoms with van der Waals surface area (Å²) in [6, 6.07) is 2.32. The van der Waals surface area contributed by atoms with Crippen LogP contribution in [-0.4, -0.2) is 12.6 Å². The number of nitrogens with two attached hydrogens (primary N) is 1. The molecule has 1 heterocycles. The van der Waals surface area contributed by atoms with E-state index >= 15 is 0 Å². The van der Waals surface area contributed by atoms with Crippen LogP contribution in [0.25, 0.3) is 0 Å². The average molecular weight is 196 g/mol. The summed E-state index contributed by atoms with van der Waals surface area (Å²) in [5.74, 6) is 0. The first kappa shape index (κ1) is 11.3. The summed E-state index contributed by atoms with van der Waals surface area (Å²) in [5.41, 5.74) is 7.07. The van der Waals surface area contributed by atoms with Crippen molar-refractivity contribution in [2.45, 2.75) is 38.8 Å². The van der Waals surface area contributed by atoms with Gasteiger partial charge in [0.1, 0.15) is 0 Å². The van der Waals surface area contributed by atoms with E-state index < -0.39 is 0 Å². The Morgan fingerprint density at radius 2 is 2.36 bits per heavy atom. The van der Waals surface area contributed by atoms with E-state index in [-0.39, 0.29) is 0 Å². The van der Waals surface area contributed by atoms with Gasteiger partial charge in [0.15, 0.2) is 0 Å². The van der Waals surface area contributed by atoms with Crippen molar-refractivity contribution in [3.8, 4) is 0 Å². The smallest absolute Gasteiger partial charge is 0.0947 e. The highest BCUT2D eigenvalue weighted by atomic mass is 16.3. The van der Waals surface area contributed by atoms with Crippen LogP contribution in [0.1, 0.15) is 31.7 Å². The molecule has 1 atom stereocenters. The lowest BCUT2D eigenvalue weighted by Crippen LogP contribution is -2.26. The lowest BCUT2D eigenvalue weighted by Gasteiger charge is -2.10. The van der Waals surface area contributed by atoms with Crippen molar-refractivity contribution in [2.24, 2.45) is 5.73 Å². The fourth-order valence-electron chi connectivity index (χ4n) is 1.43. The van der Waals surface area contributed by atoms with Crippen LogP contribution in [0.3, 0.4) is 0 Å². The largest absolute Gasteiger partial charge is 0.472 e. The normalized spacial score (nSPS) is 13.0. The molecule has 3 heteroatoms. The van der Waals surface area contributed by atoms with Gasteiger partial charge in [0.2, 0.25) is 0 Å². The Bertz CT molecular complexity index is 221. The predicted octanol–water partition coefficient (Wildman–Crippen LogP) is 1.89. The lowest BCUT2D eigenvalue weighted by molar-refractivity contribution is 0.523. The van der Waals surface area contributed by atoms with Crippen molar-refractivity contribution in [2.75, 3.05) is 6.54 Å². The van der Waals surface area contributed by atoms with Crippen LogP contribution >= 0.6 is 0 Å². The third-order valence-electron chi connectivity index (χ3n) is 2.26. The van der Waals surface area contributed by atoms with Crippen LogP contribution in [0, 0.1) is 0 Å². The molecule has 0 amide bonds. The average Bonchev–Trinajstić information content (AvgIpc) is 2.65. The van der Waals surface area contributed by atoms with Crippen LogP contribution in [0.2, 0.25) is 0 Å². The molecule has 1 rings (SSSR count). The number of hydrogen-bond acceptors (Lipinski definition) is 3. The molecule has 1 unspecified atom stereocenters. The maximum Gasteiger partial charge on any atom is 0.0947 e. The van der Waals surface area contributed by atoms with E-state index in [2.05, 4.69) is 12.2 Å². The summed E-state index contributed by atoms with van der Waals surface area (Å²) in [6.07, 6.45) is 6.79. The van der Waals surface area contributed by atoms with Crippen LogP contribution < -0.4 is 11.1 Å². The molecule has 0 saturated carbocycles. The number of hydrogen-bond donors (Lipinski definition) is 2. The molecule has 80 valence electrons. The van der Waals surface area contributed by atoms with Gasteiger partial charge in [0.05, 0.1) is 12.5 Å². The maximum absolute atomic E-state index is 5.89. The Hall–Kier alpha value is -0.800. The second kappa shape index (κ2) is 6.62. The van der Waals surface area contributed by atoms with Gasteiger partial charge >= 0.3 is 0 Å². The van der Waals surface area contributed by atoms with Gasteiger partial charge < -0.3 is 15.5 Å². The van der Waals surface area contributed by atoms with Crippen molar-refractivity contribution < 1.29 is 4.42 Å². The molecular formula is C11H20N2O. The molecule has 0 aliphatic carbocycles. The summed E-state index contributed by atoms with van der Waals surface area (Å²) in [4.78, 5) is 0. The van der Waals surface area contributed by atoms with Crippen molar-refractivity contribution in [1.82, 2.24) is 5.32 Å². The van der Waals surface area contributed by atoms with Gasteiger partial charge in [0, 0.05) is 18.2 Å². The summed E-state index contributed by atoms with van der Waals surface area (Å²) in [5, 5.41) is 3.34. The lowest BCUT2D eigenvalue weighted by atomic mass is 10.1. The van der Waals surface area contributed by atoms with E-state index in [4.69, 9.17) is 10.2 Å². The fourth-order valence-corrected chi connectivity index (χ4v) is 1.43. The Morgan fingerprint density at radius 3 is 3.00 bits per heavy atom. The minimum absolute atomic E-state index is 0.344. The van der Waals surface area contributed by atoms with E-state index in [0.29, 0.717) is 6.04 Å². The first-order valence-electron chi connectivity index (χ1n) is 5.30. The van der Waals surface area contributed by atoms with E-state index in [9.17, 15) is 0 Å². The van der Waals surface area contributed by atoms with E-state index in [1.807, 2.05) is 6.07 Å². The van der Waals surface area contributed by atoms with E-state index in [0.717, 1.165) is 25.9 Å². The third kappa shape index (κ3) is 4.44. The number of nitrogens with one attached hydrogen (secondary N) is 1. The Balaban J connectivity index is 1.99. The topological polar surface area (TPSA) is 51.2 Å². The molecule has 0 bridgehead atoms. The van der Waals surface area contributed by atoms with Crippen LogP contribution in [0.4, 0.5) is 0 Å². The molecular weight excluding hydrogens is 176 g/mol. The summed E-state index contributed by atoms with van der Waals surface area (Å²) in [7, 11) is 0. The molecule has 3 nitrogen and oxygen atoms in total. The number of furan rings is 1. The molecule has 0 aliphatic rings. The minimum Gasteiger partial charge on any atom is -0.472 e.